The van der Waals surface area contributed by atoms with Crippen molar-refractivity contribution >= 4 is 27.2 Å². The van der Waals surface area contributed by atoms with E-state index in [1.165, 1.54) is 0 Å². The summed E-state index contributed by atoms with van der Waals surface area (Å²) in [7, 11) is -3.77. The molecule has 2 heterocycles. The van der Waals surface area contributed by atoms with Crippen molar-refractivity contribution in [2.45, 2.75) is 18.1 Å². The molecule has 25 heavy (non-hydrogen) atoms. The van der Waals surface area contributed by atoms with E-state index in [-0.39, 0.29) is 10.0 Å². The van der Waals surface area contributed by atoms with Crippen LogP contribution in [0.2, 0.25) is 0 Å². The van der Waals surface area contributed by atoms with E-state index in [2.05, 4.69) is 14.7 Å². The Balaban J connectivity index is 1.94. The van der Waals surface area contributed by atoms with Gasteiger partial charge in [-0.1, -0.05) is 18.2 Å². The second-order valence-electron chi connectivity index (χ2n) is 5.35. The average molecular weight is 370 g/mol. The Bertz CT molecular complexity index is 1060. The van der Waals surface area contributed by atoms with Gasteiger partial charge in [-0.2, -0.15) is 5.26 Å². The number of nitrogens with zero attached hydrogens (tertiary/aromatic N) is 3. The molecule has 3 rings (SSSR count). The second-order valence-corrected chi connectivity index (χ2v) is 8.23. The molecule has 0 fully saturated rings. The lowest BCUT2D eigenvalue weighted by Crippen LogP contribution is -2.13. The zero-order valence-electron chi connectivity index (χ0n) is 13.5. The smallest absolute Gasteiger partial charge is 0.263 e. The molecule has 0 saturated heterocycles. The first-order valence-electron chi connectivity index (χ1n) is 7.33. The number of aryl methyl sites for hydroxylation is 2. The summed E-state index contributed by atoms with van der Waals surface area (Å²) in [5.41, 5.74) is 2.45. The topological polar surface area (TPSA) is 95.7 Å². The molecule has 0 radical (unpaired) electrons. The fourth-order valence-electron chi connectivity index (χ4n) is 2.23. The third-order valence-electron chi connectivity index (χ3n) is 3.39. The fraction of sp³-hybridized carbons (Fsp3) is 0.118. The number of nitrogens with one attached hydrogen (secondary N) is 1. The van der Waals surface area contributed by atoms with Gasteiger partial charge in [-0.05, 0) is 38.1 Å². The maximum Gasteiger partial charge on any atom is 0.274 e. The maximum absolute atomic E-state index is 12.7. The highest BCUT2D eigenvalue weighted by Gasteiger charge is 2.23. The van der Waals surface area contributed by atoms with Crippen LogP contribution in [0.4, 0.5) is 5.82 Å². The molecule has 126 valence electrons. The van der Waals surface area contributed by atoms with E-state index in [0.29, 0.717) is 16.3 Å². The van der Waals surface area contributed by atoms with Crippen LogP contribution in [0.3, 0.4) is 0 Å². The molecule has 0 spiro atoms. The van der Waals surface area contributed by atoms with E-state index in [1.807, 2.05) is 6.07 Å². The van der Waals surface area contributed by atoms with Gasteiger partial charge in [0.05, 0.1) is 17.3 Å². The highest BCUT2D eigenvalue weighted by Crippen LogP contribution is 2.32. The third kappa shape index (κ3) is 3.68. The van der Waals surface area contributed by atoms with Gasteiger partial charge in [-0.25, -0.2) is 18.4 Å². The van der Waals surface area contributed by atoms with Gasteiger partial charge in [0.2, 0.25) is 0 Å². The summed E-state index contributed by atoms with van der Waals surface area (Å²) in [5, 5.41) is 9.44. The maximum atomic E-state index is 12.7. The molecular weight excluding hydrogens is 356 g/mol. The molecule has 0 atom stereocenters. The summed E-state index contributed by atoms with van der Waals surface area (Å²) in [6.45, 7) is 3.45. The van der Waals surface area contributed by atoms with E-state index >= 15 is 0 Å². The van der Waals surface area contributed by atoms with Gasteiger partial charge >= 0.3 is 0 Å². The van der Waals surface area contributed by atoms with Crippen molar-refractivity contribution < 1.29 is 8.42 Å². The molecule has 0 saturated carbocycles. The summed E-state index contributed by atoms with van der Waals surface area (Å²) in [4.78, 5) is 8.52. The Hall–Kier alpha value is -2.76. The Morgan fingerprint density at radius 1 is 1.08 bits per heavy atom. The van der Waals surface area contributed by atoms with Gasteiger partial charge in [0.15, 0.2) is 4.21 Å². The summed E-state index contributed by atoms with van der Waals surface area (Å²) < 4.78 is 27.9. The number of hydrogen-bond donors (Lipinski definition) is 1. The van der Waals surface area contributed by atoms with Crippen LogP contribution in [0.5, 0.6) is 0 Å². The van der Waals surface area contributed by atoms with Gasteiger partial charge in [-0.15, -0.1) is 11.3 Å². The number of anilines is 1. The van der Waals surface area contributed by atoms with Crippen LogP contribution in [0.25, 0.3) is 10.6 Å². The number of sulfonamides is 1. The van der Waals surface area contributed by atoms with Crippen molar-refractivity contribution in [3.8, 4) is 16.6 Å². The van der Waals surface area contributed by atoms with Gasteiger partial charge in [0.1, 0.15) is 10.8 Å². The lowest BCUT2D eigenvalue weighted by Gasteiger charge is -2.06. The quantitative estimate of drug-likeness (QED) is 0.758. The molecule has 6 nitrogen and oxygen atoms in total. The van der Waals surface area contributed by atoms with Crippen molar-refractivity contribution in [3.05, 3.63) is 59.4 Å². The van der Waals surface area contributed by atoms with Crippen LogP contribution in [0, 0.1) is 25.2 Å². The van der Waals surface area contributed by atoms with Crippen LogP contribution in [-0.4, -0.2) is 18.4 Å². The first-order chi connectivity index (χ1) is 11.9. The SMILES string of the molecule is Cc1cccc(NS(=O)(=O)c2sc(-c3ccc(C#N)cc3)nc2C)n1. The Morgan fingerprint density at radius 2 is 1.80 bits per heavy atom. The van der Waals surface area contributed by atoms with Crippen LogP contribution in [-0.2, 0) is 10.0 Å². The molecule has 0 bridgehead atoms. The predicted molar refractivity (Wildman–Crippen MR) is 96.8 cm³/mol. The fourth-order valence-corrected chi connectivity index (χ4v) is 4.75. The van der Waals surface area contributed by atoms with Crippen molar-refractivity contribution in [3.63, 3.8) is 0 Å². The van der Waals surface area contributed by atoms with Gasteiger partial charge < -0.3 is 0 Å². The number of nitriles is 1. The molecule has 0 amide bonds. The molecule has 1 N–H and O–H groups in total. The molecule has 1 aromatic carbocycles. The normalized spacial score (nSPS) is 11.1. The zero-order valence-corrected chi connectivity index (χ0v) is 15.1. The van der Waals surface area contributed by atoms with Crippen molar-refractivity contribution in [1.29, 1.82) is 5.26 Å². The Kier molecular flexibility index (Phi) is 4.53. The molecule has 0 unspecified atom stereocenters. The number of hydrogen-bond acceptors (Lipinski definition) is 6. The Morgan fingerprint density at radius 3 is 2.44 bits per heavy atom. The van der Waals surface area contributed by atoms with Crippen LogP contribution < -0.4 is 4.72 Å². The highest BCUT2D eigenvalue weighted by atomic mass is 32.2. The van der Waals surface area contributed by atoms with Crippen molar-refractivity contribution in [1.82, 2.24) is 9.97 Å². The minimum atomic E-state index is -3.77. The van der Waals surface area contributed by atoms with Crippen molar-refractivity contribution in [2.75, 3.05) is 4.72 Å². The second kappa shape index (κ2) is 6.63. The van der Waals surface area contributed by atoms with E-state index < -0.39 is 10.0 Å². The number of thiazole rings is 1. The third-order valence-corrected chi connectivity index (χ3v) is 6.56. The average Bonchev–Trinajstić information content (AvgIpc) is 2.97. The summed E-state index contributed by atoms with van der Waals surface area (Å²) in [6.07, 6.45) is 0. The molecular formula is C17H14N4O2S2. The number of benzene rings is 1. The summed E-state index contributed by atoms with van der Waals surface area (Å²) in [6, 6.07) is 14.0. The standard InChI is InChI=1S/C17H14N4O2S2/c1-11-4-3-5-15(19-11)21-25(22,23)17-12(2)20-16(24-17)14-8-6-13(10-18)7-9-14/h3-9H,1-2H3,(H,19,21). The summed E-state index contributed by atoms with van der Waals surface area (Å²) in [5.74, 6) is 0.271. The molecule has 0 aliphatic carbocycles. The lowest BCUT2D eigenvalue weighted by atomic mass is 10.1. The first kappa shape index (κ1) is 17.1. The van der Waals surface area contributed by atoms with E-state index in [1.54, 1.807) is 56.3 Å². The van der Waals surface area contributed by atoms with Gasteiger partial charge in [0.25, 0.3) is 10.0 Å². The minimum Gasteiger partial charge on any atom is -0.263 e. The largest absolute Gasteiger partial charge is 0.274 e. The summed E-state index contributed by atoms with van der Waals surface area (Å²) >= 11 is 1.08. The van der Waals surface area contributed by atoms with E-state index in [4.69, 9.17) is 5.26 Å². The van der Waals surface area contributed by atoms with Gasteiger partial charge in [-0.3, -0.25) is 4.72 Å². The molecule has 0 aliphatic rings. The first-order valence-corrected chi connectivity index (χ1v) is 9.63. The molecule has 2 aromatic heterocycles. The number of aromatic nitrogens is 2. The Labute approximate surface area is 149 Å². The minimum absolute atomic E-state index is 0.148. The van der Waals surface area contributed by atoms with Crippen molar-refractivity contribution in [2.24, 2.45) is 0 Å². The monoisotopic (exact) mass is 370 g/mol. The van der Waals surface area contributed by atoms with E-state index in [9.17, 15) is 8.42 Å². The van der Waals surface area contributed by atoms with E-state index in [0.717, 1.165) is 22.6 Å². The molecule has 3 aromatic rings. The highest BCUT2D eigenvalue weighted by molar-refractivity contribution is 7.94. The van der Waals surface area contributed by atoms with Crippen LogP contribution in [0.15, 0.2) is 46.7 Å². The molecule has 8 heteroatoms. The van der Waals surface area contributed by atoms with Crippen LogP contribution >= 0.6 is 11.3 Å². The lowest BCUT2D eigenvalue weighted by molar-refractivity contribution is 0.602. The predicted octanol–water partition coefficient (Wildman–Crippen LogP) is 3.49. The number of pyridine rings is 1. The zero-order chi connectivity index (χ0) is 18.0. The molecule has 0 aliphatic heterocycles. The van der Waals surface area contributed by atoms with Gasteiger partial charge in [0, 0.05) is 11.3 Å². The number of rotatable bonds is 4. The van der Waals surface area contributed by atoms with Crippen LogP contribution in [0.1, 0.15) is 17.0 Å².